The van der Waals surface area contributed by atoms with Gasteiger partial charge in [-0.3, -0.25) is 9.59 Å². The average molecular weight is 414 g/mol. The highest BCUT2D eigenvalue weighted by Gasteiger charge is 2.28. The molecule has 164 valence electrons. The van der Waals surface area contributed by atoms with Crippen LogP contribution in [0.15, 0.2) is 24.8 Å². The zero-order valence-electron chi connectivity index (χ0n) is 18.1. The first-order valence-electron chi connectivity index (χ1n) is 11.2. The maximum Gasteiger partial charge on any atom is 0.257 e. The first-order valence-corrected chi connectivity index (χ1v) is 11.2. The summed E-state index contributed by atoms with van der Waals surface area (Å²) >= 11 is 0. The highest BCUT2D eigenvalue weighted by Crippen LogP contribution is 2.28. The minimum Gasteiger partial charge on any atom is -0.369 e. The number of piperidine rings is 2. The normalized spacial score (nSPS) is 20.1. The number of nitrogens with zero attached hydrogens (tertiary/aromatic N) is 3. The lowest BCUT2D eigenvalue weighted by Gasteiger charge is -2.34. The van der Waals surface area contributed by atoms with Crippen LogP contribution in [-0.4, -0.2) is 54.4 Å². The Balaban J connectivity index is 1.76. The number of rotatable bonds is 8. The Bertz CT molecular complexity index is 758. The first kappa shape index (κ1) is 22.1. The van der Waals surface area contributed by atoms with Crippen molar-refractivity contribution in [1.82, 2.24) is 9.88 Å². The highest BCUT2D eigenvalue weighted by molar-refractivity contribution is 5.99. The third-order valence-electron chi connectivity index (χ3n) is 6.18. The van der Waals surface area contributed by atoms with E-state index in [0.717, 1.165) is 44.7 Å². The van der Waals surface area contributed by atoms with Crippen molar-refractivity contribution in [3.63, 3.8) is 0 Å². The molecule has 0 spiro atoms. The molecule has 0 aliphatic carbocycles. The van der Waals surface area contributed by atoms with Crippen molar-refractivity contribution in [2.75, 3.05) is 42.9 Å². The molecule has 0 aromatic carbocycles. The number of pyridine rings is 1. The van der Waals surface area contributed by atoms with E-state index < -0.39 is 0 Å². The predicted molar refractivity (Wildman–Crippen MR) is 121 cm³/mol. The zero-order valence-corrected chi connectivity index (χ0v) is 18.1. The lowest BCUT2D eigenvalue weighted by molar-refractivity contribution is -0.123. The average Bonchev–Trinajstić information content (AvgIpc) is 2.77. The lowest BCUT2D eigenvalue weighted by atomic mass is 9.95. The van der Waals surface area contributed by atoms with E-state index in [4.69, 9.17) is 10.7 Å². The second-order valence-corrected chi connectivity index (χ2v) is 8.44. The van der Waals surface area contributed by atoms with Gasteiger partial charge in [-0.15, -0.1) is 6.58 Å². The third kappa shape index (κ3) is 5.32. The molecule has 0 saturated carbocycles. The van der Waals surface area contributed by atoms with Gasteiger partial charge in [0.1, 0.15) is 11.6 Å². The molecule has 1 atom stereocenters. The Hall–Kier alpha value is -2.57. The molecule has 2 aliphatic rings. The number of amides is 2. The van der Waals surface area contributed by atoms with Crippen LogP contribution in [0.1, 0.15) is 55.8 Å². The fourth-order valence-corrected chi connectivity index (χ4v) is 4.41. The second kappa shape index (κ2) is 10.5. The zero-order chi connectivity index (χ0) is 21.5. The fraction of sp³-hybridized carbons (Fsp3) is 0.609. The fourth-order valence-electron chi connectivity index (χ4n) is 4.41. The van der Waals surface area contributed by atoms with Gasteiger partial charge in [0.05, 0.1) is 5.56 Å². The minimum atomic E-state index is -0.269. The van der Waals surface area contributed by atoms with Crippen molar-refractivity contribution in [3.8, 4) is 0 Å². The summed E-state index contributed by atoms with van der Waals surface area (Å²) in [5.41, 5.74) is 6.02. The summed E-state index contributed by atoms with van der Waals surface area (Å²) in [5.74, 6) is 1.76. The van der Waals surface area contributed by atoms with Crippen molar-refractivity contribution in [1.29, 1.82) is 0 Å². The Labute approximate surface area is 179 Å². The predicted octanol–water partition coefficient (Wildman–Crippen LogP) is 3.03. The summed E-state index contributed by atoms with van der Waals surface area (Å²) < 4.78 is 0. The third-order valence-corrected chi connectivity index (χ3v) is 6.18. The van der Waals surface area contributed by atoms with E-state index in [1.54, 1.807) is 0 Å². The van der Waals surface area contributed by atoms with E-state index >= 15 is 0 Å². The summed E-state index contributed by atoms with van der Waals surface area (Å²) in [7, 11) is 0. The molecule has 3 heterocycles. The Morgan fingerprint density at radius 2 is 2.03 bits per heavy atom. The summed E-state index contributed by atoms with van der Waals surface area (Å²) in [4.78, 5) is 33.6. The smallest absolute Gasteiger partial charge is 0.257 e. The van der Waals surface area contributed by atoms with Gasteiger partial charge < -0.3 is 20.9 Å². The van der Waals surface area contributed by atoms with Crippen molar-refractivity contribution in [2.24, 2.45) is 17.6 Å². The summed E-state index contributed by atoms with van der Waals surface area (Å²) in [5, 5.41) is 3.35. The van der Waals surface area contributed by atoms with Gasteiger partial charge in [0.15, 0.2) is 0 Å². The monoisotopic (exact) mass is 413 g/mol. The number of aromatic nitrogens is 1. The van der Waals surface area contributed by atoms with Gasteiger partial charge in [0.25, 0.3) is 5.91 Å². The van der Waals surface area contributed by atoms with E-state index in [9.17, 15) is 9.59 Å². The summed E-state index contributed by atoms with van der Waals surface area (Å²) in [6.07, 6.45) is 7.60. The second-order valence-electron chi connectivity index (χ2n) is 8.44. The van der Waals surface area contributed by atoms with Gasteiger partial charge in [-0.05, 0) is 56.6 Å². The molecule has 2 saturated heterocycles. The first-order chi connectivity index (χ1) is 14.5. The molecule has 2 aliphatic heterocycles. The van der Waals surface area contributed by atoms with Gasteiger partial charge in [0.2, 0.25) is 5.91 Å². The number of carbonyl (C=O) groups excluding carboxylic acids is 2. The summed E-state index contributed by atoms with van der Waals surface area (Å²) in [6, 6.07) is 3.87. The summed E-state index contributed by atoms with van der Waals surface area (Å²) in [6.45, 7) is 9.80. The van der Waals surface area contributed by atoms with Gasteiger partial charge in [-0.2, -0.15) is 0 Å². The van der Waals surface area contributed by atoms with E-state index in [-0.39, 0.29) is 17.7 Å². The van der Waals surface area contributed by atoms with Crippen LogP contribution in [0.5, 0.6) is 0 Å². The minimum absolute atomic E-state index is 0.0289. The molecular weight excluding hydrogens is 378 g/mol. The largest absolute Gasteiger partial charge is 0.369 e. The Kier molecular flexibility index (Phi) is 7.71. The number of likely N-dealkylation sites (tertiary alicyclic amines) is 1. The van der Waals surface area contributed by atoms with Crippen molar-refractivity contribution >= 4 is 23.5 Å². The number of primary amides is 1. The number of allylic oxidation sites excluding steroid dienone is 1. The number of nitrogens with two attached hydrogens (primary N) is 1. The molecular formula is C23H35N5O2. The lowest BCUT2D eigenvalue weighted by Crippen LogP contribution is -2.42. The Morgan fingerprint density at radius 1 is 1.27 bits per heavy atom. The van der Waals surface area contributed by atoms with Crippen LogP contribution in [0, 0.1) is 11.8 Å². The molecule has 1 aromatic heterocycles. The number of carbonyl (C=O) groups is 2. The SMILES string of the molecule is C=CCC1CCCN(c2ccc(C(=O)N3CCC(C(N)=O)CC3)c(NCCC)n2)C1. The molecule has 1 aromatic rings. The maximum atomic E-state index is 13.2. The van der Waals surface area contributed by atoms with Crippen LogP contribution in [0.2, 0.25) is 0 Å². The van der Waals surface area contributed by atoms with Crippen LogP contribution >= 0.6 is 0 Å². The van der Waals surface area contributed by atoms with Gasteiger partial charge in [-0.25, -0.2) is 4.98 Å². The number of anilines is 2. The highest BCUT2D eigenvalue weighted by atomic mass is 16.2. The molecule has 3 rings (SSSR count). The van der Waals surface area contributed by atoms with Crippen LogP contribution < -0.4 is 16.0 Å². The van der Waals surface area contributed by atoms with Crippen molar-refractivity contribution in [3.05, 3.63) is 30.4 Å². The van der Waals surface area contributed by atoms with Crippen molar-refractivity contribution in [2.45, 2.75) is 45.4 Å². The van der Waals surface area contributed by atoms with Gasteiger partial charge >= 0.3 is 0 Å². The van der Waals surface area contributed by atoms with E-state index in [1.807, 2.05) is 23.1 Å². The Morgan fingerprint density at radius 3 is 2.70 bits per heavy atom. The molecule has 3 N–H and O–H groups in total. The van der Waals surface area contributed by atoms with Crippen molar-refractivity contribution < 1.29 is 9.59 Å². The molecule has 30 heavy (non-hydrogen) atoms. The number of nitrogens with one attached hydrogen (secondary N) is 1. The topological polar surface area (TPSA) is 91.6 Å². The molecule has 0 radical (unpaired) electrons. The van der Waals surface area contributed by atoms with E-state index in [2.05, 4.69) is 23.7 Å². The quantitative estimate of drug-likeness (QED) is 0.639. The molecule has 0 bridgehead atoms. The molecule has 2 fully saturated rings. The molecule has 2 amide bonds. The van der Waals surface area contributed by atoms with Crippen LogP contribution in [0.3, 0.4) is 0 Å². The van der Waals surface area contributed by atoms with Gasteiger partial charge in [-0.1, -0.05) is 13.0 Å². The number of hydrogen-bond donors (Lipinski definition) is 2. The maximum absolute atomic E-state index is 13.2. The van der Waals surface area contributed by atoms with Crippen LogP contribution in [0.25, 0.3) is 0 Å². The van der Waals surface area contributed by atoms with Crippen LogP contribution in [-0.2, 0) is 4.79 Å². The van der Waals surface area contributed by atoms with Crippen LogP contribution in [0.4, 0.5) is 11.6 Å². The number of hydrogen-bond acceptors (Lipinski definition) is 5. The molecule has 1 unspecified atom stereocenters. The molecule has 7 nitrogen and oxygen atoms in total. The van der Waals surface area contributed by atoms with E-state index in [1.165, 1.54) is 6.42 Å². The standard InChI is InChI=1S/C23H35N5O2/c1-3-6-17-7-5-13-28(16-17)20-9-8-19(22(26-20)25-12-4-2)23(30)27-14-10-18(11-15-27)21(24)29/h3,8-9,17-18H,1,4-7,10-16H2,2H3,(H2,24,29)(H,25,26). The van der Waals surface area contributed by atoms with E-state index in [0.29, 0.717) is 43.2 Å². The van der Waals surface area contributed by atoms with Gasteiger partial charge in [0, 0.05) is 38.6 Å². The molecule has 7 heteroatoms.